The molecule has 5 nitrogen and oxygen atoms in total. The average Bonchev–Trinajstić information content (AvgIpc) is 2.95. The molecular formula is C18H14BrN3O2. The van der Waals surface area contributed by atoms with Crippen molar-refractivity contribution in [1.82, 2.24) is 15.3 Å². The van der Waals surface area contributed by atoms with E-state index in [0.717, 1.165) is 9.86 Å². The second-order valence-electron chi connectivity index (χ2n) is 5.52. The fraction of sp³-hybridized carbons (Fsp3) is 0.111. The summed E-state index contributed by atoms with van der Waals surface area (Å²) in [5.74, 6) is 0.589. The van der Waals surface area contributed by atoms with Gasteiger partial charge in [-0.15, -0.1) is 0 Å². The molecule has 2 aromatic carbocycles. The summed E-state index contributed by atoms with van der Waals surface area (Å²) in [7, 11) is 0. The standard InChI is InChI=1S/C18H14BrN3O2/c19-12-6-7-14-13(8-12)16-17(24-14)18(23)22-15(21-16)10-20-9-11-4-2-1-3-5-11/h1-8,20H,9-10H2,(H,21,22,23). The van der Waals surface area contributed by atoms with Crippen LogP contribution in [0, 0.1) is 0 Å². The molecule has 120 valence electrons. The number of aromatic nitrogens is 2. The summed E-state index contributed by atoms with van der Waals surface area (Å²) < 4.78 is 6.54. The van der Waals surface area contributed by atoms with Crippen molar-refractivity contribution in [3.63, 3.8) is 0 Å². The maximum Gasteiger partial charge on any atom is 0.294 e. The van der Waals surface area contributed by atoms with Crippen LogP contribution in [0.15, 0.2) is 62.2 Å². The van der Waals surface area contributed by atoms with Crippen LogP contribution in [0.2, 0.25) is 0 Å². The van der Waals surface area contributed by atoms with E-state index in [1.54, 1.807) is 0 Å². The molecule has 0 bridgehead atoms. The van der Waals surface area contributed by atoms with E-state index in [-0.39, 0.29) is 11.1 Å². The molecule has 2 aromatic heterocycles. The number of hydrogen-bond donors (Lipinski definition) is 2. The maximum atomic E-state index is 12.3. The number of fused-ring (bicyclic) bond motifs is 3. The SMILES string of the molecule is O=c1[nH]c(CNCc2ccccc2)nc2c1oc1ccc(Br)cc12. The van der Waals surface area contributed by atoms with E-state index in [4.69, 9.17) is 4.42 Å². The van der Waals surface area contributed by atoms with Crippen molar-refractivity contribution >= 4 is 38.0 Å². The number of rotatable bonds is 4. The average molecular weight is 384 g/mol. The Balaban J connectivity index is 1.65. The molecule has 0 atom stereocenters. The Morgan fingerprint density at radius 2 is 1.96 bits per heavy atom. The Bertz CT molecular complexity index is 1070. The monoisotopic (exact) mass is 383 g/mol. The molecule has 0 aliphatic carbocycles. The lowest BCUT2D eigenvalue weighted by Crippen LogP contribution is -2.18. The molecule has 0 saturated heterocycles. The van der Waals surface area contributed by atoms with Gasteiger partial charge in [-0.1, -0.05) is 46.3 Å². The first-order chi connectivity index (χ1) is 11.7. The highest BCUT2D eigenvalue weighted by Crippen LogP contribution is 2.27. The van der Waals surface area contributed by atoms with Crippen LogP contribution >= 0.6 is 15.9 Å². The van der Waals surface area contributed by atoms with Crippen LogP contribution in [-0.2, 0) is 13.1 Å². The van der Waals surface area contributed by atoms with Crippen LogP contribution < -0.4 is 10.9 Å². The number of hydrogen-bond acceptors (Lipinski definition) is 4. The van der Waals surface area contributed by atoms with E-state index in [1.807, 2.05) is 48.5 Å². The van der Waals surface area contributed by atoms with E-state index in [9.17, 15) is 4.79 Å². The first-order valence-electron chi connectivity index (χ1n) is 7.56. The molecular weight excluding hydrogens is 370 g/mol. The summed E-state index contributed by atoms with van der Waals surface area (Å²) in [5.41, 5.74) is 2.42. The van der Waals surface area contributed by atoms with E-state index in [2.05, 4.69) is 31.2 Å². The second-order valence-corrected chi connectivity index (χ2v) is 6.44. The molecule has 0 aliphatic rings. The third-order valence-corrected chi connectivity index (χ3v) is 4.29. The van der Waals surface area contributed by atoms with Crippen LogP contribution in [0.3, 0.4) is 0 Å². The minimum absolute atomic E-state index is 0.259. The number of halogens is 1. The topological polar surface area (TPSA) is 70.9 Å². The van der Waals surface area contributed by atoms with Gasteiger partial charge in [-0.3, -0.25) is 4.79 Å². The fourth-order valence-corrected chi connectivity index (χ4v) is 3.04. The van der Waals surface area contributed by atoms with Crippen molar-refractivity contribution in [3.8, 4) is 0 Å². The molecule has 24 heavy (non-hydrogen) atoms. The van der Waals surface area contributed by atoms with Crippen molar-refractivity contribution in [2.24, 2.45) is 0 Å². The second kappa shape index (κ2) is 6.22. The zero-order valence-electron chi connectivity index (χ0n) is 12.7. The summed E-state index contributed by atoms with van der Waals surface area (Å²) in [6.07, 6.45) is 0. The number of H-pyrrole nitrogens is 1. The highest BCUT2D eigenvalue weighted by atomic mass is 79.9. The summed E-state index contributed by atoms with van der Waals surface area (Å²) in [5, 5.41) is 4.12. The van der Waals surface area contributed by atoms with Gasteiger partial charge in [-0.25, -0.2) is 4.98 Å². The Kier molecular flexibility index (Phi) is 3.92. The predicted octanol–water partition coefficient (Wildman–Crippen LogP) is 3.72. The van der Waals surface area contributed by atoms with Gasteiger partial charge in [0.2, 0.25) is 5.58 Å². The van der Waals surface area contributed by atoms with Gasteiger partial charge in [0.05, 0.1) is 6.54 Å². The number of nitrogens with one attached hydrogen (secondary N) is 2. The largest absolute Gasteiger partial charge is 0.449 e. The lowest BCUT2D eigenvalue weighted by atomic mass is 10.2. The number of furan rings is 1. The molecule has 0 amide bonds. The van der Waals surface area contributed by atoms with Gasteiger partial charge in [0.1, 0.15) is 16.9 Å². The quantitative estimate of drug-likeness (QED) is 0.563. The number of nitrogens with zero attached hydrogens (tertiary/aromatic N) is 1. The molecule has 0 saturated carbocycles. The van der Waals surface area contributed by atoms with Gasteiger partial charge in [0, 0.05) is 16.4 Å². The van der Waals surface area contributed by atoms with Crippen molar-refractivity contribution in [2.45, 2.75) is 13.1 Å². The Hall–Kier alpha value is -2.44. The lowest BCUT2D eigenvalue weighted by Gasteiger charge is -2.04. The first kappa shape index (κ1) is 15.1. The van der Waals surface area contributed by atoms with Gasteiger partial charge < -0.3 is 14.7 Å². The molecule has 0 unspecified atom stereocenters. The molecule has 0 radical (unpaired) electrons. The van der Waals surface area contributed by atoms with Crippen LogP contribution in [0.25, 0.3) is 22.1 Å². The minimum atomic E-state index is -0.260. The van der Waals surface area contributed by atoms with Gasteiger partial charge in [0.25, 0.3) is 5.56 Å². The van der Waals surface area contributed by atoms with Crippen molar-refractivity contribution in [1.29, 1.82) is 0 Å². The van der Waals surface area contributed by atoms with E-state index in [0.29, 0.717) is 30.0 Å². The Morgan fingerprint density at radius 3 is 2.79 bits per heavy atom. The summed E-state index contributed by atoms with van der Waals surface area (Å²) in [4.78, 5) is 19.6. The number of aromatic amines is 1. The van der Waals surface area contributed by atoms with Crippen LogP contribution in [0.4, 0.5) is 0 Å². The highest BCUT2D eigenvalue weighted by molar-refractivity contribution is 9.10. The highest BCUT2D eigenvalue weighted by Gasteiger charge is 2.13. The van der Waals surface area contributed by atoms with Crippen LogP contribution in [-0.4, -0.2) is 9.97 Å². The van der Waals surface area contributed by atoms with Crippen LogP contribution in [0.5, 0.6) is 0 Å². The fourth-order valence-electron chi connectivity index (χ4n) is 2.68. The third kappa shape index (κ3) is 2.86. The van der Waals surface area contributed by atoms with Gasteiger partial charge in [-0.05, 0) is 23.8 Å². The molecule has 4 aromatic rings. The van der Waals surface area contributed by atoms with Gasteiger partial charge in [0.15, 0.2) is 0 Å². The normalized spacial score (nSPS) is 11.4. The van der Waals surface area contributed by atoms with E-state index < -0.39 is 0 Å². The van der Waals surface area contributed by atoms with Crippen molar-refractivity contribution in [2.75, 3.05) is 0 Å². The lowest BCUT2D eigenvalue weighted by molar-refractivity contribution is 0.645. The smallest absolute Gasteiger partial charge is 0.294 e. The van der Waals surface area contributed by atoms with Crippen molar-refractivity contribution in [3.05, 3.63) is 74.7 Å². The predicted molar refractivity (Wildman–Crippen MR) is 96.8 cm³/mol. The Labute approximate surface area is 145 Å². The van der Waals surface area contributed by atoms with Gasteiger partial charge in [-0.2, -0.15) is 0 Å². The maximum absolute atomic E-state index is 12.3. The number of benzene rings is 2. The zero-order valence-corrected chi connectivity index (χ0v) is 14.3. The van der Waals surface area contributed by atoms with Crippen molar-refractivity contribution < 1.29 is 4.42 Å². The summed E-state index contributed by atoms with van der Waals surface area (Å²) >= 11 is 3.44. The zero-order chi connectivity index (χ0) is 16.5. The molecule has 2 N–H and O–H groups in total. The molecule has 4 rings (SSSR count). The molecule has 0 fully saturated rings. The van der Waals surface area contributed by atoms with E-state index >= 15 is 0 Å². The van der Waals surface area contributed by atoms with E-state index in [1.165, 1.54) is 5.56 Å². The molecule has 6 heteroatoms. The molecule has 0 aliphatic heterocycles. The summed E-state index contributed by atoms with van der Waals surface area (Å²) in [6.45, 7) is 1.18. The van der Waals surface area contributed by atoms with Gasteiger partial charge >= 0.3 is 0 Å². The third-order valence-electron chi connectivity index (χ3n) is 3.80. The minimum Gasteiger partial charge on any atom is -0.449 e. The Morgan fingerprint density at radius 1 is 1.12 bits per heavy atom. The van der Waals surface area contributed by atoms with Crippen LogP contribution in [0.1, 0.15) is 11.4 Å². The summed E-state index contributed by atoms with van der Waals surface area (Å²) in [6, 6.07) is 15.7. The molecule has 2 heterocycles. The molecule has 0 spiro atoms. The first-order valence-corrected chi connectivity index (χ1v) is 8.35.